The molecule has 0 aliphatic carbocycles. The van der Waals surface area contributed by atoms with Gasteiger partial charge >= 0.3 is 12.1 Å². The number of aldehydes is 2. The first-order chi connectivity index (χ1) is 42.8. The molecule has 6 amide bonds. The molecule has 0 bridgehead atoms. The highest BCUT2D eigenvalue weighted by atomic mass is 16.6. The molecule has 8 heterocycles. The first-order valence-electron chi connectivity index (χ1n) is 28.6. The number of hydrogen-bond donors (Lipinski definition) is 4. The number of aliphatic hydroxyl groups excluding tert-OH is 1. The number of aryl methyl sites for hydroxylation is 4. The van der Waals surface area contributed by atoms with Crippen molar-refractivity contribution in [3.8, 4) is 22.6 Å². The quantitative estimate of drug-likeness (QED) is 0.0168. The number of carbonyl (C=O) groups excluding carboxylic acids is 6. The van der Waals surface area contributed by atoms with E-state index in [9.17, 15) is 59.1 Å². The van der Waals surface area contributed by atoms with Crippen LogP contribution in [-0.2, 0) is 43.2 Å². The number of nitrogens with one attached hydrogen (secondary N) is 2. The molecule has 89 heavy (non-hydrogen) atoms. The Hall–Kier alpha value is -9.61. The number of nitro benzene ring substituents is 3. The third-order valence-corrected chi connectivity index (χ3v) is 12.9. The maximum absolute atomic E-state index is 11.5. The van der Waals surface area contributed by atoms with Gasteiger partial charge in [-0.25, -0.2) is 20.4 Å². The van der Waals surface area contributed by atoms with E-state index in [0.29, 0.717) is 52.4 Å². The smallest absolute Gasteiger partial charge is 0.344 e. The molecule has 0 unspecified atom stereocenters. The number of hydrazine groups is 1. The van der Waals surface area contributed by atoms with Crippen LogP contribution >= 0.6 is 0 Å². The van der Waals surface area contributed by atoms with Crippen LogP contribution in [0.5, 0.6) is 0 Å². The predicted octanol–water partition coefficient (Wildman–Crippen LogP) is 10.3. The van der Waals surface area contributed by atoms with Gasteiger partial charge in [0.2, 0.25) is 11.8 Å². The van der Waals surface area contributed by atoms with Crippen molar-refractivity contribution in [2.24, 2.45) is 10.9 Å². The highest BCUT2D eigenvalue weighted by Crippen LogP contribution is 2.29. The van der Waals surface area contributed by atoms with Crippen LogP contribution in [0.2, 0.25) is 0 Å². The summed E-state index contributed by atoms with van der Waals surface area (Å²) in [5.41, 5.74) is 4.68. The van der Waals surface area contributed by atoms with Crippen molar-refractivity contribution in [3.63, 3.8) is 0 Å². The average molecular weight is 1240 g/mol. The van der Waals surface area contributed by atoms with Crippen LogP contribution in [0, 0.1) is 44.2 Å². The first kappa shape index (κ1) is 71.9. The molecule has 11 rings (SSSR count). The highest BCUT2D eigenvalue weighted by molar-refractivity contribution is 6.02. The summed E-state index contributed by atoms with van der Waals surface area (Å²) < 4.78 is 31.3. The summed E-state index contributed by atoms with van der Waals surface area (Å²) in [5.74, 6) is 6.93. The van der Waals surface area contributed by atoms with Crippen LogP contribution in [0.4, 0.5) is 26.7 Å². The van der Waals surface area contributed by atoms with E-state index in [4.69, 9.17) is 38.4 Å². The van der Waals surface area contributed by atoms with Crippen molar-refractivity contribution in [1.29, 1.82) is 0 Å². The minimum atomic E-state index is -0.582. The van der Waals surface area contributed by atoms with Gasteiger partial charge in [-0.1, -0.05) is 31.5 Å². The van der Waals surface area contributed by atoms with Gasteiger partial charge in [-0.2, -0.15) is 5.10 Å². The molecule has 0 atom stereocenters. The number of furan rings is 3. The van der Waals surface area contributed by atoms with Crippen molar-refractivity contribution < 1.29 is 76.1 Å². The monoisotopic (exact) mass is 1240 g/mol. The topological polar surface area (TPSA) is 388 Å². The predicted molar refractivity (Wildman–Crippen MR) is 325 cm³/mol. The molecule has 0 radical (unpaired) electrons. The van der Waals surface area contributed by atoms with E-state index in [1.807, 2.05) is 45.1 Å². The van der Waals surface area contributed by atoms with Crippen molar-refractivity contribution in [3.05, 3.63) is 167 Å². The van der Waals surface area contributed by atoms with Gasteiger partial charge in [0.15, 0.2) is 29.9 Å². The van der Waals surface area contributed by atoms with Crippen molar-refractivity contribution in [2.45, 2.75) is 105 Å². The number of carbonyl (C=O) groups is 6. The van der Waals surface area contributed by atoms with E-state index < -0.39 is 32.7 Å². The number of ether oxygens (including phenoxy) is 3. The summed E-state index contributed by atoms with van der Waals surface area (Å²) in [5, 5.41) is 50.3. The molecule has 478 valence electrons. The van der Waals surface area contributed by atoms with Crippen LogP contribution in [-0.4, -0.2) is 125 Å². The molecule has 3 aromatic heterocycles. The molecular formula is C61H75N9O19. The fourth-order valence-electron chi connectivity index (χ4n) is 8.07. The zero-order valence-electron chi connectivity index (χ0n) is 50.1. The summed E-state index contributed by atoms with van der Waals surface area (Å²) in [6.45, 7) is 13.2. The van der Waals surface area contributed by atoms with Gasteiger partial charge in [-0.15, -0.1) is 0 Å². The van der Waals surface area contributed by atoms with E-state index in [-0.39, 0.29) is 48.4 Å². The van der Waals surface area contributed by atoms with Gasteiger partial charge in [0.05, 0.1) is 27.6 Å². The highest BCUT2D eigenvalue weighted by Gasteiger charge is 2.26. The van der Waals surface area contributed by atoms with Gasteiger partial charge < -0.3 is 32.6 Å². The second-order valence-electron chi connectivity index (χ2n) is 19.7. The number of imide groups is 2. The van der Waals surface area contributed by atoms with Crippen LogP contribution in [0.25, 0.3) is 22.6 Å². The summed E-state index contributed by atoms with van der Waals surface area (Å²) in [7, 11) is 0. The SMILES string of the molecule is C1CCOCC1.C1CCOCC1.C1CCOCC1.CCc1cc(-c2ccc([N+](=O)[O-])cc2)oc1/C=N/N1CC(=O)NC1=O.CCc1cc(C)oc1C=O.Cc1ccc([N+](=O)[O-])cc1.NN1CC(=O)NC1=O.O=Cc1oc(-c2ccc([N+](=O)[O-])cc2)cc1CO. The largest absolute Gasteiger partial charge is 0.458 e. The van der Waals surface area contributed by atoms with Crippen LogP contribution in [0.15, 0.2) is 109 Å². The maximum atomic E-state index is 11.5. The summed E-state index contributed by atoms with van der Waals surface area (Å²) >= 11 is 0. The van der Waals surface area contributed by atoms with Gasteiger partial charge in [0, 0.05) is 98.3 Å². The zero-order valence-corrected chi connectivity index (χ0v) is 50.1. The minimum Gasteiger partial charge on any atom is -0.458 e. The van der Waals surface area contributed by atoms with Gasteiger partial charge in [0.25, 0.3) is 17.1 Å². The van der Waals surface area contributed by atoms with Gasteiger partial charge in [0.1, 0.15) is 30.4 Å². The number of hydrogen-bond acceptors (Lipinski definition) is 21. The van der Waals surface area contributed by atoms with Gasteiger partial charge in [-0.3, -0.25) is 65.2 Å². The van der Waals surface area contributed by atoms with Gasteiger partial charge in [-0.05, 0) is 133 Å². The van der Waals surface area contributed by atoms with Crippen molar-refractivity contribution >= 4 is 59.7 Å². The molecule has 5 N–H and O–H groups in total. The Labute approximate surface area is 512 Å². The van der Waals surface area contributed by atoms with E-state index >= 15 is 0 Å². The molecule has 28 nitrogen and oxygen atoms in total. The molecule has 28 heteroatoms. The fraction of sp³-hybridized carbons (Fsp3) is 0.393. The second-order valence-corrected chi connectivity index (χ2v) is 19.7. The number of aliphatic hydroxyl groups is 1. The Balaban J connectivity index is 0.000000232. The number of amides is 6. The molecule has 5 saturated heterocycles. The summed E-state index contributed by atoms with van der Waals surface area (Å²) in [6.07, 6.45) is 16.0. The number of rotatable bonds is 12. The number of non-ortho nitro benzene ring substituents is 3. The van der Waals surface area contributed by atoms with Crippen molar-refractivity contribution in [1.82, 2.24) is 20.7 Å². The summed E-state index contributed by atoms with van der Waals surface area (Å²) in [4.78, 5) is 94.0. The molecule has 5 fully saturated rings. The molecule has 0 saturated carbocycles. The molecule has 3 aromatic carbocycles. The van der Waals surface area contributed by atoms with Crippen LogP contribution in [0.1, 0.15) is 127 Å². The fourth-order valence-corrected chi connectivity index (χ4v) is 8.07. The number of urea groups is 2. The number of benzene rings is 3. The molecule has 5 aliphatic rings. The van der Waals surface area contributed by atoms with E-state index in [1.165, 1.54) is 119 Å². The van der Waals surface area contributed by atoms with Crippen molar-refractivity contribution in [2.75, 3.05) is 52.7 Å². The Morgan fingerprint density at radius 2 is 0.921 bits per heavy atom. The third-order valence-electron chi connectivity index (χ3n) is 12.9. The van der Waals surface area contributed by atoms with E-state index in [1.54, 1.807) is 24.3 Å². The maximum Gasteiger partial charge on any atom is 0.344 e. The summed E-state index contributed by atoms with van der Waals surface area (Å²) in [6, 6.07) is 22.3. The van der Waals surface area contributed by atoms with E-state index in [2.05, 4.69) is 10.4 Å². The lowest BCUT2D eigenvalue weighted by molar-refractivity contribution is -0.385. The lowest BCUT2D eigenvalue weighted by Gasteiger charge is -2.08. The number of nitro groups is 3. The minimum absolute atomic E-state index is 0.00230. The zero-order chi connectivity index (χ0) is 65.1. The Morgan fingerprint density at radius 3 is 1.21 bits per heavy atom. The van der Waals surface area contributed by atoms with Crippen LogP contribution < -0.4 is 16.5 Å². The van der Waals surface area contributed by atoms with E-state index in [0.717, 1.165) is 84.8 Å². The molecular weight excluding hydrogens is 1160 g/mol. The Bertz CT molecular complexity index is 3190. The standard InChI is InChI=1S/C16H14N4O5.C12H9NO5.C8H10O2.C7H7NO2.3C5H10O.C3H5N3O2/c1-2-10-7-13(11-3-5-12(6-4-11)20(23)24)25-14(10)8-17-19-9-15(21)18-16(19)22;14-6-9-5-11(18-12(9)7-15)8-1-3-10(4-2-8)13(16)17;1-3-7-4-6(2)10-8(7)5-9;1-6-2-4-7(5-3-6)8(9)10;3*1-2-4-6-5-3-1;4-6-1-2(7)5-3(6)8/h3-8H,2,9H2,1H3,(H,18,21,22);1-5,7,14H,6H2;4-5H,3H2,1-2H3;2-5H,1H3;3*1-5H2;1,4H2,(H,5,7,8)/b17-8+;;;;;;;. The third kappa shape index (κ3) is 25.7. The first-order valence-corrected chi connectivity index (χ1v) is 28.6. The Kier molecular flexibility index (Phi) is 31.7. The number of nitrogens with two attached hydrogens (primary N) is 1. The molecule has 0 spiro atoms. The normalized spacial score (nSPS) is 14.9. The average Bonchev–Trinajstić information content (AvgIpc) is 4.22. The Morgan fingerprint density at radius 1 is 0.539 bits per heavy atom. The molecule has 5 aliphatic heterocycles. The lowest BCUT2D eigenvalue weighted by atomic mass is 10.1. The number of hydrazone groups is 1. The lowest BCUT2D eigenvalue weighted by Crippen LogP contribution is -2.34. The number of nitrogens with zero attached hydrogens (tertiary/aromatic N) is 6. The second kappa shape index (κ2) is 39.2. The molecule has 6 aromatic rings. The van der Waals surface area contributed by atoms with Crippen LogP contribution in [0.3, 0.4) is 0 Å².